The van der Waals surface area contributed by atoms with Gasteiger partial charge in [0.2, 0.25) is 0 Å². The maximum atomic E-state index is 11.9. The molecular weight excluding hydrogens is 390 g/mol. The van der Waals surface area contributed by atoms with Gasteiger partial charge >= 0.3 is 5.97 Å². The highest BCUT2D eigenvalue weighted by atomic mass is 16.6. The smallest absolute Gasteiger partial charge is 0.330 e. The molecule has 0 radical (unpaired) electrons. The largest absolute Gasteiger partial charge is 0.497 e. The second-order valence-corrected chi connectivity index (χ2v) is 6.25. The van der Waals surface area contributed by atoms with Gasteiger partial charge in [-0.1, -0.05) is 0 Å². The van der Waals surface area contributed by atoms with Crippen LogP contribution >= 0.6 is 0 Å². The molecule has 2 aromatic rings. The molecule has 30 heavy (non-hydrogen) atoms. The average molecular weight is 415 g/mol. The summed E-state index contributed by atoms with van der Waals surface area (Å²) in [6.45, 7) is 1.00. The van der Waals surface area contributed by atoms with Crippen LogP contribution in [0.3, 0.4) is 0 Å². The molecule has 1 heterocycles. The van der Waals surface area contributed by atoms with E-state index in [-0.39, 0.29) is 5.69 Å². The van der Waals surface area contributed by atoms with Crippen molar-refractivity contribution in [1.82, 2.24) is 4.98 Å². The fourth-order valence-electron chi connectivity index (χ4n) is 2.57. The van der Waals surface area contributed by atoms with Crippen LogP contribution in [0.15, 0.2) is 42.6 Å². The highest BCUT2D eigenvalue weighted by Crippen LogP contribution is 2.25. The molecule has 0 fully saturated rings. The Balaban J connectivity index is 1.63. The lowest BCUT2D eigenvalue weighted by molar-refractivity contribution is -0.385. The van der Waals surface area contributed by atoms with E-state index in [0.29, 0.717) is 30.5 Å². The summed E-state index contributed by atoms with van der Waals surface area (Å²) >= 11 is 0. The predicted octanol–water partition coefficient (Wildman–Crippen LogP) is 3.85. The van der Waals surface area contributed by atoms with Crippen LogP contribution in [0.1, 0.15) is 24.8 Å². The molecule has 1 aromatic heterocycles. The molecule has 1 aromatic carbocycles. The molecule has 0 aliphatic heterocycles. The van der Waals surface area contributed by atoms with Gasteiger partial charge in [-0.25, -0.2) is 9.78 Å². The van der Waals surface area contributed by atoms with E-state index in [9.17, 15) is 14.9 Å². The van der Waals surface area contributed by atoms with Crippen LogP contribution in [0.5, 0.6) is 11.5 Å². The van der Waals surface area contributed by atoms with Crippen molar-refractivity contribution >= 4 is 23.6 Å². The number of benzene rings is 1. The van der Waals surface area contributed by atoms with Gasteiger partial charge in [-0.15, -0.1) is 0 Å². The van der Waals surface area contributed by atoms with Crippen molar-refractivity contribution in [3.63, 3.8) is 0 Å². The standard InChI is InChI=1S/C21H25N3O6/c1-28-18-8-9-19(29-2)16(14-18)6-11-21(25)30-13-5-3-4-12-22-20-10-7-17(15-23-20)24(26)27/h6-11,14-15H,3-5,12-13H2,1-2H3,(H,22,23)/b11-6+. The van der Waals surface area contributed by atoms with Crippen LogP contribution in [-0.4, -0.2) is 43.2 Å². The number of hydrogen-bond acceptors (Lipinski definition) is 8. The zero-order valence-corrected chi connectivity index (χ0v) is 17.0. The van der Waals surface area contributed by atoms with Crippen molar-refractivity contribution in [1.29, 1.82) is 0 Å². The highest BCUT2D eigenvalue weighted by molar-refractivity contribution is 5.87. The lowest BCUT2D eigenvalue weighted by Crippen LogP contribution is -2.05. The second-order valence-electron chi connectivity index (χ2n) is 6.25. The van der Waals surface area contributed by atoms with Crippen LogP contribution in [0.25, 0.3) is 6.08 Å². The quantitative estimate of drug-likeness (QED) is 0.183. The number of ether oxygens (including phenoxy) is 3. The van der Waals surface area contributed by atoms with E-state index in [0.717, 1.165) is 24.8 Å². The van der Waals surface area contributed by atoms with E-state index in [1.54, 1.807) is 44.6 Å². The molecule has 0 amide bonds. The first-order chi connectivity index (χ1) is 14.5. The number of carbonyl (C=O) groups excluding carboxylic acids is 1. The molecule has 0 aliphatic rings. The molecule has 0 bridgehead atoms. The van der Waals surface area contributed by atoms with Gasteiger partial charge < -0.3 is 19.5 Å². The predicted molar refractivity (Wildman–Crippen MR) is 113 cm³/mol. The summed E-state index contributed by atoms with van der Waals surface area (Å²) in [6, 6.07) is 8.30. The summed E-state index contributed by atoms with van der Waals surface area (Å²) in [6.07, 6.45) is 6.66. The van der Waals surface area contributed by atoms with Gasteiger partial charge in [-0.2, -0.15) is 0 Å². The molecule has 0 saturated carbocycles. The number of pyridine rings is 1. The third kappa shape index (κ3) is 7.42. The number of nitrogens with zero attached hydrogens (tertiary/aromatic N) is 2. The Morgan fingerprint density at radius 3 is 2.67 bits per heavy atom. The molecule has 160 valence electrons. The van der Waals surface area contributed by atoms with E-state index in [2.05, 4.69) is 10.3 Å². The van der Waals surface area contributed by atoms with Crippen molar-refractivity contribution in [2.45, 2.75) is 19.3 Å². The molecule has 9 heteroatoms. The monoisotopic (exact) mass is 415 g/mol. The van der Waals surface area contributed by atoms with Gasteiger partial charge in [0.05, 0.1) is 25.7 Å². The minimum absolute atomic E-state index is 0.0405. The normalized spacial score (nSPS) is 10.6. The number of carbonyl (C=O) groups is 1. The summed E-state index contributed by atoms with van der Waals surface area (Å²) in [5.74, 6) is 1.47. The molecule has 0 spiro atoms. The van der Waals surface area contributed by atoms with Gasteiger partial charge in [0.15, 0.2) is 0 Å². The first kappa shape index (κ1) is 22.7. The lowest BCUT2D eigenvalue weighted by atomic mass is 10.1. The fourth-order valence-corrected chi connectivity index (χ4v) is 2.57. The third-order valence-electron chi connectivity index (χ3n) is 4.17. The molecule has 0 unspecified atom stereocenters. The van der Waals surface area contributed by atoms with Crippen LogP contribution in [0, 0.1) is 10.1 Å². The maximum absolute atomic E-state index is 11.9. The van der Waals surface area contributed by atoms with E-state index < -0.39 is 10.9 Å². The van der Waals surface area contributed by atoms with E-state index in [1.165, 1.54) is 18.3 Å². The Kier molecular flexibility index (Phi) is 9.11. The molecule has 1 N–H and O–H groups in total. The highest BCUT2D eigenvalue weighted by Gasteiger charge is 2.05. The molecule has 0 aliphatic carbocycles. The zero-order valence-electron chi connectivity index (χ0n) is 17.0. The number of unbranched alkanes of at least 4 members (excludes halogenated alkanes) is 2. The second kappa shape index (κ2) is 12.1. The number of nitrogens with one attached hydrogen (secondary N) is 1. The van der Waals surface area contributed by atoms with Crippen molar-refractivity contribution in [3.8, 4) is 11.5 Å². The van der Waals surface area contributed by atoms with Crippen molar-refractivity contribution in [3.05, 3.63) is 58.3 Å². The number of aromatic nitrogens is 1. The van der Waals surface area contributed by atoms with Crippen molar-refractivity contribution in [2.75, 3.05) is 32.7 Å². The van der Waals surface area contributed by atoms with Gasteiger partial charge in [0.25, 0.3) is 5.69 Å². The average Bonchev–Trinajstić information content (AvgIpc) is 2.77. The third-order valence-corrected chi connectivity index (χ3v) is 4.17. The summed E-state index contributed by atoms with van der Waals surface area (Å²) < 4.78 is 15.6. The van der Waals surface area contributed by atoms with Crippen LogP contribution < -0.4 is 14.8 Å². The fraction of sp³-hybridized carbons (Fsp3) is 0.333. The number of hydrogen-bond donors (Lipinski definition) is 1. The minimum Gasteiger partial charge on any atom is -0.497 e. The van der Waals surface area contributed by atoms with Crippen molar-refractivity contribution in [2.24, 2.45) is 0 Å². The van der Waals surface area contributed by atoms with Gasteiger partial charge in [0.1, 0.15) is 23.5 Å². The zero-order chi connectivity index (χ0) is 21.8. The Labute approximate surface area is 174 Å². The minimum atomic E-state index is -0.486. The van der Waals surface area contributed by atoms with Crippen LogP contribution in [0.2, 0.25) is 0 Å². The van der Waals surface area contributed by atoms with E-state index in [1.807, 2.05) is 0 Å². The van der Waals surface area contributed by atoms with E-state index >= 15 is 0 Å². The SMILES string of the molecule is COc1ccc(OC)c(/C=C/C(=O)OCCCCCNc2ccc([N+](=O)[O-])cn2)c1. The van der Waals surface area contributed by atoms with Crippen LogP contribution in [0.4, 0.5) is 11.5 Å². The molecule has 0 saturated heterocycles. The topological polar surface area (TPSA) is 113 Å². The first-order valence-electron chi connectivity index (χ1n) is 9.44. The molecule has 0 atom stereocenters. The number of methoxy groups -OCH3 is 2. The van der Waals surface area contributed by atoms with Gasteiger partial charge in [0, 0.05) is 24.3 Å². The Hall–Kier alpha value is -3.62. The molecule has 9 nitrogen and oxygen atoms in total. The number of rotatable bonds is 12. The Bertz CT molecular complexity index is 868. The number of nitro groups is 1. The molecular formula is C21H25N3O6. The summed E-state index contributed by atoms with van der Waals surface area (Å²) in [7, 11) is 3.13. The van der Waals surface area contributed by atoms with Crippen molar-refractivity contribution < 1.29 is 23.9 Å². The Morgan fingerprint density at radius 2 is 2.00 bits per heavy atom. The maximum Gasteiger partial charge on any atom is 0.330 e. The number of esters is 1. The van der Waals surface area contributed by atoms with E-state index in [4.69, 9.17) is 14.2 Å². The lowest BCUT2D eigenvalue weighted by Gasteiger charge is -2.07. The summed E-state index contributed by atoms with van der Waals surface area (Å²) in [5, 5.41) is 13.7. The molecule has 2 rings (SSSR count). The van der Waals surface area contributed by atoms with Crippen LogP contribution in [-0.2, 0) is 9.53 Å². The number of anilines is 1. The van der Waals surface area contributed by atoms with Gasteiger partial charge in [-0.05, 0) is 49.6 Å². The Morgan fingerprint density at radius 1 is 1.17 bits per heavy atom. The summed E-state index contributed by atoms with van der Waals surface area (Å²) in [5.41, 5.74) is 0.681. The first-order valence-corrected chi connectivity index (χ1v) is 9.44. The summed E-state index contributed by atoms with van der Waals surface area (Å²) in [4.78, 5) is 25.9. The van der Waals surface area contributed by atoms with Gasteiger partial charge in [-0.3, -0.25) is 10.1 Å².